The molecule has 0 aliphatic rings. The zero-order chi connectivity index (χ0) is 20.8. The Kier molecular flexibility index (Phi) is 6.77. The minimum atomic E-state index is -0.233. The number of nitrogens with zero attached hydrogens (tertiary/aromatic N) is 1. The minimum Gasteiger partial charge on any atom is -0.350 e. The molecule has 6 heteroatoms. The summed E-state index contributed by atoms with van der Waals surface area (Å²) in [6.45, 7) is 2.69. The number of carbonyl (C=O) groups is 1. The highest BCUT2D eigenvalue weighted by atomic mass is 16.1. The first kappa shape index (κ1) is 20.7. The molecule has 0 aliphatic carbocycles. The molecule has 29 heavy (non-hydrogen) atoms. The standard InChI is InChI=1S/C23H28N4O2/c1-4-16-9-11-17(12-10-16)21(27(2)3)15-24-22(28)14-13-20-23(29)26-19-8-6-5-7-18(19)25-20/h5-12,21H,4,13-15H2,1-3H3,(H,24,28)(H,26,29)/p+1/t21-/m0/s1. The van der Waals surface area contributed by atoms with E-state index in [1.54, 1.807) is 0 Å². The first-order valence-corrected chi connectivity index (χ1v) is 10.1. The molecule has 0 bridgehead atoms. The van der Waals surface area contributed by atoms with Crippen molar-refractivity contribution in [3.63, 3.8) is 0 Å². The van der Waals surface area contributed by atoms with Gasteiger partial charge in [0.15, 0.2) is 0 Å². The van der Waals surface area contributed by atoms with Crippen LogP contribution in [-0.4, -0.2) is 36.5 Å². The molecule has 152 valence electrons. The van der Waals surface area contributed by atoms with Gasteiger partial charge in [-0.1, -0.05) is 43.3 Å². The summed E-state index contributed by atoms with van der Waals surface area (Å²) < 4.78 is 0. The molecule has 3 N–H and O–H groups in total. The Labute approximate surface area is 171 Å². The third-order valence-electron chi connectivity index (χ3n) is 5.25. The second kappa shape index (κ2) is 9.47. The largest absolute Gasteiger partial charge is 0.350 e. The Morgan fingerprint density at radius 1 is 1.14 bits per heavy atom. The molecule has 2 aromatic carbocycles. The van der Waals surface area contributed by atoms with Gasteiger partial charge in [-0.3, -0.25) is 9.59 Å². The summed E-state index contributed by atoms with van der Waals surface area (Å²) in [6.07, 6.45) is 1.56. The lowest BCUT2D eigenvalue weighted by molar-refractivity contribution is -0.890. The molecule has 0 radical (unpaired) electrons. The fraction of sp³-hybridized carbons (Fsp3) is 0.348. The number of benzene rings is 2. The van der Waals surface area contributed by atoms with E-state index in [1.807, 2.05) is 24.3 Å². The number of rotatable bonds is 8. The van der Waals surface area contributed by atoms with Crippen LogP contribution < -0.4 is 15.8 Å². The highest BCUT2D eigenvalue weighted by Gasteiger charge is 2.19. The Balaban J connectivity index is 1.59. The smallest absolute Gasteiger partial charge is 0.270 e. The average Bonchev–Trinajstić information content (AvgIpc) is 2.72. The number of amides is 1. The van der Waals surface area contributed by atoms with Crippen molar-refractivity contribution >= 4 is 16.9 Å². The number of hydrogen-bond acceptors (Lipinski definition) is 3. The van der Waals surface area contributed by atoms with Crippen LogP contribution in [0.3, 0.4) is 0 Å². The molecule has 1 aromatic heterocycles. The van der Waals surface area contributed by atoms with Crippen LogP contribution in [0.5, 0.6) is 0 Å². The number of hydrogen-bond donors (Lipinski definition) is 3. The van der Waals surface area contributed by atoms with E-state index in [1.165, 1.54) is 16.0 Å². The molecular weight excluding hydrogens is 364 g/mol. The van der Waals surface area contributed by atoms with Crippen molar-refractivity contribution in [3.05, 3.63) is 75.7 Å². The zero-order valence-electron chi connectivity index (χ0n) is 17.3. The Hall–Kier alpha value is -2.99. The number of quaternary nitrogens is 1. The fourth-order valence-corrected chi connectivity index (χ4v) is 3.41. The van der Waals surface area contributed by atoms with Crippen LogP contribution in [0.2, 0.25) is 0 Å². The van der Waals surface area contributed by atoms with Crippen LogP contribution in [0.1, 0.15) is 36.2 Å². The highest BCUT2D eigenvalue weighted by molar-refractivity contribution is 5.76. The van der Waals surface area contributed by atoms with Gasteiger partial charge in [0, 0.05) is 18.4 Å². The maximum atomic E-state index is 12.4. The number of likely N-dealkylation sites (N-methyl/N-ethyl adjacent to an activating group) is 1. The maximum Gasteiger partial charge on any atom is 0.270 e. The van der Waals surface area contributed by atoms with Gasteiger partial charge in [0.1, 0.15) is 11.7 Å². The van der Waals surface area contributed by atoms with Gasteiger partial charge < -0.3 is 15.2 Å². The number of H-pyrrole nitrogens is 1. The van der Waals surface area contributed by atoms with E-state index in [2.05, 4.69) is 60.6 Å². The van der Waals surface area contributed by atoms with Crippen molar-refractivity contribution in [2.45, 2.75) is 32.2 Å². The molecule has 0 aliphatic heterocycles. The van der Waals surface area contributed by atoms with Crippen LogP contribution in [0.15, 0.2) is 53.3 Å². The van der Waals surface area contributed by atoms with Crippen LogP contribution in [0.25, 0.3) is 11.0 Å². The van der Waals surface area contributed by atoms with Gasteiger partial charge in [0.25, 0.3) is 5.56 Å². The SMILES string of the molecule is CCc1ccc([C@H](CNC(=O)CCc2nc3ccccc3[nH]c2=O)[NH+](C)C)cc1. The van der Waals surface area contributed by atoms with E-state index in [-0.39, 0.29) is 23.9 Å². The molecule has 3 rings (SSSR count). The molecule has 6 nitrogen and oxygen atoms in total. The summed E-state index contributed by atoms with van der Waals surface area (Å²) in [5.41, 5.74) is 4.10. The average molecular weight is 394 g/mol. The number of carbonyl (C=O) groups excluding carboxylic acids is 1. The number of fused-ring (bicyclic) bond motifs is 1. The van der Waals surface area contributed by atoms with Crippen LogP contribution >= 0.6 is 0 Å². The predicted octanol–water partition coefficient (Wildman–Crippen LogP) is 1.42. The summed E-state index contributed by atoms with van der Waals surface area (Å²) in [4.78, 5) is 33.1. The molecule has 0 saturated carbocycles. The molecule has 1 heterocycles. The van der Waals surface area contributed by atoms with Gasteiger partial charge in [-0.2, -0.15) is 0 Å². The van der Waals surface area contributed by atoms with Gasteiger partial charge in [0.2, 0.25) is 5.91 Å². The number of nitrogens with one attached hydrogen (secondary N) is 3. The third kappa shape index (κ3) is 5.29. The Morgan fingerprint density at radius 2 is 1.86 bits per heavy atom. The maximum absolute atomic E-state index is 12.4. The summed E-state index contributed by atoms with van der Waals surface area (Å²) >= 11 is 0. The van der Waals surface area contributed by atoms with Gasteiger partial charge in [-0.05, 0) is 24.1 Å². The van der Waals surface area contributed by atoms with Gasteiger partial charge in [0.05, 0.1) is 31.7 Å². The van der Waals surface area contributed by atoms with Crippen molar-refractivity contribution < 1.29 is 9.69 Å². The zero-order valence-corrected chi connectivity index (χ0v) is 17.3. The first-order valence-electron chi connectivity index (χ1n) is 10.1. The lowest BCUT2D eigenvalue weighted by atomic mass is 10.0. The van der Waals surface area contributed by atoms with Crippen molar-refractivity contribution in [1.82, 2.24) is 15.3 Å². The van der Waals surface area contributed by atoms with Crippen molar-refractivity contribution in [2.75, 3.05) is 20.6 Å². The molecule has 0 fully saturated rings. The van der Waals surface area contributed by atoms with E-state index in [0.29, 0.717) is 24.2 Å². The highest BCUT2D eigenvalue weighted by Crippen LogP contribution is 2.11. The molecule has 1 amide bonds. The van der Waals surface area contributed by atoms with Crippen molar-refractivity contribution in [3.8, 4) is 0 Å². The normalized spacial score (nSPS) is 12.3. The topological polar surface area (TPSA) is 79.3 Å². The number of aryl methyl sites for hydroxylation is 2. The Bertz CT molecular complexity index is 1020. The van der Waals surface area contributed by atoms with Crippen molar-refractivity contribution in [2.24, 2.45) is 0 Å². The van der Waals surface area contributed by atoms with Crippen LogP contribution in [0.4, 0.5) is 0 Å². The number of para-hydroxylation sites is 2. The lowest BCUT2D eigenvalue weighted by Crippen LogP contribution is -3.07. The molecule has 3 aromatic rings. The quantitative estimate of drug-likeness (QED) is 0.542. The second-order valence-corrected chi connectivity index (χ2v) is 7.56. The van der Waals surface area contributed by atoms with E-state index in [9.17, 15) is 9.59 Å². The summed E-state index contributed by atoms with van der Waals surface area (Å²) in [5.74, 6) is -0.0733. The van der Waals surface area contributed by atoms with Crippen molar-refractivity contribution in [1.29, 1.82) is 0 Å². The fourth-order valence-electron chi connectivity index (χ4n) is 3.41. The second-order valence-electron chi connectivity index (χ2n) is 7.56. The number of aromatic amines is 1. The first-order chi connectivity index (χ1) is 14.0. The minimum absolute atomic E-state index is 0.0733. The van der Waals surface area contributed by atoms with Gasteiger partial charge >= 0.3 is 0 Å². The van der Waals surface area contributed by atoms with E-state index < -0.39 is 0 Å². The van der Waals surface area contributed by atoms with Gasteiger partial charge in [-0.25, -0.2) is 4.98 Å². The summed E-state index contributed by atoms with van der Waals surface area (Å²) in [6, 6.07) is 16.1. The van der Waals surface area contributed by atoms with Crippen LogP contribution in [0, 0.1) is 0 Å². The summed E-state index contributed by atoms with van der Waals surface area (Å²) in [7, 11) is 4.17. The molecular formula is C23H29N4O2+. The molecule has 0 saturated heterocycles. The molecule has 1 atom stereocenters. The Morgan fingerprint density at radius 3 is 2.55 bits per heavy atom. The van der Waals surface area contributed by atoms with Gasteiger partial charge in [-0.15, -0.1) is 0 Å². The number of aromatic nitrogens is 2. The molecule has 0 unspecified atom stereocenters. The molecule has 0 spiro atoms. The van der Waals surface area contributed by atoms with E-state index in [4.69, 9.17) is 0 Å². The monoisotopic (exact) mass is 393 g/mol. The van der Waals surface area contributed by atoms with E-state index >= 15 is 0 Å². The van der Waals surface area contributed by atoms with E-state index in [0.717, 1.165) is 11.9 Å². The predicted molar refractivity (Wildman–Crippen MR) is 115 cm³/mol. The third-order valence-corrected chi connectivity index (χ3v) is 5.25. The summed E-state index contributed by atoms with van der Waals surface area (Å²) in [5, 5.41) is 3.02. The van der Waals surface area contributed by atoms with Crippen LogP contribution in [-0.2, 0) is 17.6 Å². The lowest BCUT2D eigenvalue weighted by Gasteiger charge is -2.22.